The van der Waals surface area contributed by atoms with Crippen LogP contribution >= 0.6 is 0 Å². The molecule has 21 heavy (non-hydrogen) atoms. The average molecular weight is 291 g/mol. The summed E-state index contributed by atoms with van der Waals surface area (Å²) >= 11 is 0. The van der Waals surface area contributed by atoms with Crippen LogP contribution in [0.3, 0.4) is 0 Å². The molecule has 1 aromatic rings. The number of nitro benzene ring substituents is 1. The first-order chi connectivity index (χ1) is 10.1. The van der Waals surface area contributed by atoms with E-state index in [0.717, 1.165) is 32.4 Å². The lowest BCUT2D eigenvalue weighted by molar-refractivity contribution is -0.386. The number of phenolic OH excluding ortho intramolecular Hbond substituents is 1. The van der Waals surface area contributed by atoms with Crippen LogP contribution in [0.25, 0.3) is 0 Å². The van der Waals surface area contributed by atoms with Gasteiger partial charge in [-0.05, 0) is 37.6 Å². The highest BCUT2D eigenvalue weighted by Gasteiger charge is 2.27. The van der Waals surface area contributed by atoms with Gasteiger partial charge in [0.15, 0.2) is 5.75 Å². The Bertz CT molecular complexity index is 576. The van der Waals surface area contributed by atoms with Crippen molar-refractivity contribution in [1.82, 2.24) is 4.90 Å². The first-order valence-corrected chi connectivity index (χ1v) is 6.77. The number of ether oxygens (including phenoxy) is 1. The first-order valence-electron chi connectivity index (χ1n) is 6.77. The molecule has 1 aromatic carbocycles. The number of hydrogen-bond acceptors (Lipinski definition) is 6. The van der Waals surface area contributed by atoms with Crippen LogP contribution < -0.4 is 4.74 Å². The quantitative estimate of drug-likeness (QED) is 0.675. The van der Waals surface area contributed by atoms with E-state index in [1.165, 1.54) is 19.2 Å². The molecule has 1 atom stereocenters. The summed E-state index contributed by atoms with van der Waals surface area (Å²) in [5.41, 5.74) is 0.0300. The number of nitro groups is 1. The van der Waals surface area contributed by atoms with Crippen molar-refractivity contribution in [2.75, 3.05) is 20.2 Å². The third kappa shape index (κ3) is 3.06. The Labute approximate surface area is 122 Å². The van der Waals surface area contributed by atoms with Crippen LogP contribution in [0.1, 0.15) is 30.9 Å². The van der Waals surface area contributed by atoms with E-state index in [2.05, 4.69) is 6.07 Å². The van der Waals surface area contributed by atoms with E-state index in [1.807, 2.05) is 4.90 Å². The van der Waals surface area contributed by atoms with E-state index >= 15 is 0 Å². The fraction of sp³-hybridized carbons (Fsp3) is 0.500. The van der Waals surface area contributed by atoms with Gasteiger partial charge in [-0.3, -0.25) is 15.0 Å². The Morgan fingerprint density at radius 1 is 1.43 bits per heavy atom. The number of benzene rings is 1. The van der Waals surface area contributed by atoms with Gasteiger partial charge in [0, 0.05) is 6.07 Å². The van der Waals surface area contributed by atoms with Gasteiger partial charge < -0.3 is 9.84 Å². The number of nitriles is 1. The van der Waals surface area contributed by atoms with E-state index in [0.29, 0.717) is 5.56 Å². The Balaban J connectivity index is 2.43. The lowest BCUT2D eigenvalue weighted by Crippen LogP contribution is -2.33. The molecule has 7 heteroatoms. The third-order valence-corrected chi connectivity index (χ3v) is 3.69. The lowest BCUT2D eigenvalue weighted by atomic mass is 10.0. The van der Waals surface area contributed by atoms with Gasteiger partial charge in [-0.25, -0.2) is 0 Å². The summed E-state index contributed by atoms with van der Waals surface area (Å²) in [4.78, 5) is 12.3. The predicted molar refractivity (Wildman–Crippen MR) is 75.1 cm³/mol. The zero-order chi connectivity index (χ0) is 15.4. The zero-order valence-corrected chi connectivity index (χ0v) is 11.8. The van der Waals surface area contributed by atoms with Gasteiger partial charge in [0.1, 0.15) is 6.04 Å². The Morgan fingerprint density at radius 3 is 2.62 bits per heavy atom. The van der Waals surface area contributed by atoms with E-state index in [4.69, 9.17) is 4.74 Å². The predicted octanol–water partition coefficient (Wildman–Crippen LogP) is 2.36. The van der Waals surface area contributed by atoms with Gasteiger partial charge in [0.2, 0.25) is 5.75 Å². The highest BCUT2D eigenvalue weighted by atomic mass is 16.6. The number of likely N-dealkylation sites (tertiary alicyclic amines) is 1. The monoisotopic (exact) mass is 291 g/mol. The number of aromatic hydroxyl groups is 1. The maximum Gasteiger partial charge on any atom is 0.315 e. The van der Waals surface area contributed by atoms with Gasteiger partial charge >= 0.3 is 5.69 Å². The van der Waals surface area contributed by atoms with Crippen LogP contribution in [0.15, 0.2) is 12.1 Å². The minimum atomic E-state index is -0.675. The minimum Gasteiger partial charge on any atom is -0.500 e. The molecule has 0 radical (unpaired) electrons. The van der Waals surface area contributed by atoms with E-state index < -0.39 is 22.4 Å². The number of nitrogens with zero attached hydrogens (tertiary/aromatic N) is 3. The SMILES string of the molecule is COc1cc(C(C#N)N2CCCCC2)cc([N+](=O)[O-])c1O. The van der Waals surface area contributed by atoms with Gasteiger partial charge in [-0.1, -0.05) is 6.42 Å². The summed E-state index contributed by atoms with van der Waals surface area (Å²) in [6, 6.07) is 4.36. The zero-order valence-electron chi connectivity index (χ0n) is 11.8. The molecule has 1 saturated heterocycles. The number of hydrogen-bond donors (Lipinski definition) is 1. The smallest absolute Gasteiger partial charge is 0.315 e. The maximum absolute atomic E-state index is 11.0. The van der Waals surface area contributed by atoms with Gasteiger partial charge in [-0.15, -0.1) is 0 Å². The topological polar surface area (TPSA) is 99.6 Å². The largest absolute Gasteiger partial charge is 0.500 e. The number of methoxy groups -OCH3 is 1. The summed E-state index contributed by atoms with van der Waals surface area (Å²) in [6.45, 7) is 1.57. The van der Waals surface area contributed by atoms with Crippen molar-refractivity contribution in [3.8, 4) is 17.6 Å². The van der Waals surface area contributed by atoms with E-state index in [9.17, 15) is 20.5 Å². The van der Waals surface area contributed by atoms with Gasteiger partial charge in [0.25, 0.3) is 0 Å². The summed E-state index contributed by atoms with van der Waals surface area (Å²) in [5.74, 6) is -0.502. The molecule has 1 unspecified atom stereocenters. The molecule has 1 aliphatic rings. The van der Waals surface area contributed by atoms with Crippen LogP contribution in [0.5, 0.6) is 11.5 Å². The Hall–Kier alpha value is -2.33. The van der Waals surface area contributed by atoms with Crippen molar-refractivity contribution in [3.63, 3.8) is 0 Å². The Kier molecular flexibility index (Phi) is 4.60. The molecule has 1 fully saturated rings. The normalized spacial score (nSPS) is 17.0. The number of piperidine rings is 1. The van der Waals surface area contributed by atoms with Crippen LogP contribution in [-0.2, 0) is 0 Å². The van der Waals surface area contributed by atoms with Gasteiger partial charge in [0.05, 0.1) is 18.1 Å². The molecule has 1 heterocycles. The molecule has 0 amide bonds. The number of rotatable bonds is 4. The molecule has 0 bridgehead atoms. The molecule has 112 valence electrons. The van der Waals surface area contributed by atoms with Crippen LogP contribution in [0.2, 0.25) is 0 Å². The van der Waals surface area contributed by atoms with Crippen molar-refractivity contribution in [3.05, 3.63) is 27.8 Å². The molecule has 7 nitrogen and oxygen atoms in total. The fourth-order valence-corrected chi connectivity index (χ4v) is 2.61. The standard InChI is InChI=1S/C14H17N3O4/c1-21-13-8-10(7-11(14(13)18)17(19)20)12(9-15)16-5-3-2-4-6-16/h7-8,12,18H,2-6H2,1H3. The van der Waals surface area contributed by atoms with Crippen LogP contribution in [-0.4, -0.2) is 35.1 Å². The lowest BCUT2D eigenvalue weighted by Gasteiger charge is -2.30. The fourth-order valence-electron chi connectivity index (χ4n) is 2.61. The molecule has 0 aromatic heterocycles. The number of phenols is 1. The first kappa shape index (κ1) is 15.1. The van der Waals surface area contributed by atoms with Crippen molar-refractivity contribution >= 4 is 5.69 Å². The molecule has 0 aliphatic carbocycles. The molecule has 1 N–H and O–H groups in total. The maximum atomic E-state index is 11.0. The highest BCUT2D eigenvalue weighted by molar-refractivity contribution is 5.58. The molecule has 0 saturated carbocycles. The Morgan fingerprint density at radius 2 is 2.10 bits per heavy atom. The second-order valence-corrected chi connectivity index (χ2v) is 4.98. The van der Waals surface area contributed by atoms with Crippen LogP contribution in [0, 0.1) is 21.4 Å². The molecular formula is C14H17N3O4. The molecule has 2 rings (SSSR count). The van der Waals surface area contributed by atoms with Crippen molar-refractivity contribution in [1.29, 1.82) is 5.26 Å². The molecule has 0 spiro atoms. The average Bonchev–Trinajstić information content (AvgIpc) is 2.50. The third-order valence-electron chi connectivity index (χ3n) is 3.69. The van der Waals surface area contributed by atoms with Crippen LogP contribution in [0.4, 0.5) is 5.69 Å². The summed E-state index contributed by atoms with van der Waals surface area (Å²) < 4.78 is 4.98. The minimum absolute atomic E-state index is 0.0106. The van der Waals surface area contributed by atoms with Crippen molar-refractivity contribution in [2.24, 2.45) is 0 Å². The van der Waals surface area contributed by atoms with Crippen molar-refractivity contribution < 1.29 is 14.8 Å². The van der Waals surface area contributed by atoms with E-state index in [1.54, 1.807) is 0 Å². The van der Waals surface area contributed by atoms with E-state index in [-0.39, 0.29) is 5.75 Å². The molecular weight excluding hydrogens is 274 g/mol. The second kappa shape index (κ2) is 6.41. The summed E-state index contributed by atoms with van der Waals surface area (Å²) in [7, 11) is 1.32. The van der Waals surface area contributed by atoms with Gasteiger partial charge in [-0.2, -0.15) is 5.26 Å². The second-order valence-electron chi connectivity index (χ2n) is 4.98. The van der Waals surface area contributed by atoms with Crippen molar-refractivity contribution in [2.45, 2.75) is 25.3 Å². The molecule has 1 aliphatic heterocycles. The summed E-state index contributed by atoms with van der Waals surface area (Å²) in [5, 5.41) is 30.2. The highest BCUT2D eigenvalue weighted by Crippen LogP contribution is 2.39. The summed E-state index contributed by atoms with van der Waals surface area (Å²) in [6.07, 6.45) is 3.15.